The highest BCUT2D eigenvalue weighted by molar-refractivity contribution is 6.00. The Kier molecular flexibility index (Phi) is 3.46. The van der Waals surface area contributed by atoms with Crippen molar-refractivity contribution in [1.82, 2.24) is 0 Å². The maximum Gasteiger partial charge on any atom is 0.170 e. The van der Waals surface area contributed by atoms with E-state index in [2.05, 4.69) is 11.8 Å². The second-order valence-electron chi connectivity index (χ2n) is 4.00. The summed E-state index contributed by atoms with van der Waals surface area (Å²) in [6, 6.07) is 5.42. The number of ketones is 1. The van der Waals surface area contributed by atoms with Crippen LogP contribution >= 0.6 is 0 Å². The van der Waals surface area contributed by atoms with E-state index >= 15 is 0 Å². The Morgan fingerprint density at radius 3 is 3.12 bits per heavy atom. The molecule has 1 aromatic carbocycles. The zero-order chi connectivity index (χ0) is 12.3. The molecule has 1 heterocycles. The third-order valence-electron chi connectivity index (χ3n) is 2.53. The Balaban J connectivity index is 2.28. The van der Waals surface area contributed by atoms with Crippen LogP contribution in [-0.4, -0.2) is 25.6 Å². The number of methoxy groups -OCH3 is 1. The van der Waals surface area contributed by atoms with Crippen LogP contribution in [-0.2, 0) is 4.74 Å². The van der Waals surface area contributed by atoms with Gasteiger partial charge in [-0.15, -0.1) is 0 Å². The van der Waals surface area contributed by atoms with Crippen LogP contribution in [0, 0.1) is 11.8 Å². The monoisotopic (exact) mass is 230 g/mol. The minimum absolute atomic E-state index is 0.0582. The molecule has 0 aromatic heterocycles. The van der Waals surface area contributed by atoms with E-state index in [-0.39, 0.29) is 11.9 Å². The lowest BCUT2D eigenvalue weighted by atomic mass is 10.00. The third kappa shape index (κ3) is 2.66. The fraction of sp³-hybridized carbons (Fsp3) is 0.357. The van der Waals surface area contributed by atoms with Crippen molar-refractivity contribution in [3.05, 3.63) is 29.3 Å². The van der Waals surface area contributed by atoms with Gasteiger partial charge in [0.15, 0.2) is 5.78 Å². The van der Waals surface area contributed by atoms with Gasteiger partial charge in [0.2, 0.25) is 0 Å². The van der Waals surface area contributed by atoms with E-state index in [1.807, 2.05) is 19.1 Å². The molecule has 2 rings (SSSR count). The normalized spacial score (nSPS) is 17.8. The van der Waals surface area contributed by atoms with E-state index in [1.165, 1.54) is 0 Å². The van der Waals surface area contributed by atoms with Crippen LogP contribution in [0.4, 0.5) is 0 Å². The van der Waals surface area contributed by atoms with Gasteiger partial charge in [-0.3, -0.25) is 4.79 Å². The Bertz CT molecular complexity index is 494. The summed E-state index contributed by atoms with van der Waals surface area (Å²) in [5, 5.41) is 0. The second kappa shape index (κ2) is 5.03. The molecule has 1 unspecified atom stereocenters. The van der Waals surface area contributed by atoms with Gasteiger partial charge in [0.1, 0.15) is 18.5 Å². The molecule has 0 aliphatic carbocycles. The first-order chi connectivity index (χ1) is 8.20. The van der Waals surface area contributed by atoms with Gasteiger partial charge in [-0.1, -0.05) is 11.8 Å². The van der Waals surface area contributed by atoms with Crippen LogP contribution in [0.25, 0.3) is 0 Å². The van der Waals surface area contributed by atoms with E-state index < -0.39 is 0 Å². The highest BCUT2D eigenvalue weighted by atomic mass is 16.5. The largest absolute Gasteiger partial charge is 0.489 e. The zero-order valence-electron chi connectivity index (χ0n) is 9.95. The van der Waals surface area contributed by atoms with E-state index in [0.29, 0.717) is 24.3 Å². The SMILES string of the molecule is COCC#Cc1ccc2c(c1)OC(C)CC2=O. The third-order valence-corrected chi connectivity index (χ3v) is 2.53. The molecule has 3 nitrogen and oxygen atoms in total. The molecule has 0 radical (unpaired) electrons. The number of hydrogen-bond acceptors (Lipinski definition) is 3. The number of fused-ring (bicyclic) bond motifs is 1. The molecule has 88 valence electrons. The highest BCUT2D eigenvalue weighted by Gasteiger charge is 2.23. The predicted molar refractivity (Wildman–Crippen MR) is 64.2 cm³/mol. The van der Waals surface area contributed by atoms with Crippen LogP contribution in [0.5, 0.6) is 5.75 Å². The molecule has 0 saturated carbocycles. The number of ether oxygens (including phenoxy) is 2. The number of carbonyl (C=O) groups excluding carboxylic acids is 1. The first-order valence-corrected chi connectivity index (χ1v) is 5.52. The molecule has 1 aromatic rings. The summed E-state index contributed by atoms with van der Waals surface area (Å²) in [5.41, 5.74) is 1.49. The number of rotatable bonds is 1. The van der Waals surface area contributed by atoms with Crippen LogP contribution in [0.15, 0.2) is 18.2 Å². The van der Waals surface area contributed by atoms with Crippen molar-refractivity contribution in [2.24, 2.45) is 0 Å². The quantitative estimate of drug-likeness (QED) is 0.692. The lowest BCUT2D eigenvalue weighted by molar-refractivity contribution is 0.0871. The summed E-state index contributed by atoms with van der Waals surface area (Å²) in [4.78, 5) is 11.7. The highest BCUT2D eigenvalue weighted by Crippen LogP contribution is 2.28. The smallest absolute Gasteiger partial charge is 0.170 e. The second-order valence-corrected chi connectivity index (χ2v) is 4.00. The Morgan fingerprint density at radius 2 is 2.35 bits per heavy atom. The maximum absolute atomic E-state index is 11.7. The van der Waals surface area contributed by atoms with Crippen molar-refractivity contribution in [3.8, 4) is 17.6 Å². The van der Waals surface area contributed by atoms with Crippen molar-refractivity contribution >= 4 is 5.78 Å². The van der Waals surface area contributed by atoms with Gasteiger partial charge < -0.3 is 9.47 Å². The van der Waals surface area contributed by atoms with Crippen LogP contribution in [0.2, 0.25) is 0 Å². The van der Waals surface area contributed by atoms with Crippen molar-refractivity contribution in [3.63, 3.8) is 0 Å². The number of hydrogen-bond donors (Lipinski definition) is 0. The van der Waals surface area contributed by atoms with Crippen LogP contribution < -0.4 is 4.74 Å². The molecular formula is C14H14O3. The Labute approximate surface area is 101 Å². The molecule has 0 saturated heterocycles. The topological polar surface area (TPSA) is 35.5 Å². The summed E-state index contributed by atoms with van der Waals surface area (Å²) < 4.78 is 10.5. The van der Waals surface area contributed by atoms with Crippen molar-refractivity contribution < 1.29 is 14.3 Å². The number of carbonyl (C=O) groups is 1. The fourth-order valence-electron chi connectivity index (χ4n) is 1.77. The molecule has 1 aliphatic rings. The van der Waals surface area contributed by atoms with E-state index in [4.69, 9.17) is 9.47 Å². The molecule has 0 N–H and O–H groups in total. The lowest BCUT2D eigenvalue weighted by Gasteiger charge is -2.22. The summed E-state index contributed by atoms with van der Waals surface area (Å²) in [5.74, 6) is 6.60. The van der Waals surface area contributed by atoms with Crippen LogP contribution in [0.3, 0.4) is 0 Å². The molecule has 0 fully saturated rings. The van der Waals surface area contributed by atoms with Gasteiger partial charge in [0, 0.05) is 19.1 Å². The van der Waals surface area contributed by atoms with Crippen molar-refractivity contribution in [2.75, 3.05) is 13.7 Å². The van der Waals surface area contributed by atoms with E-state index in [0.717, 1.165) is 5.56 Å². The van der Waals surface area contributed by atoms with E-state index in [9.17, 15) is 4.79 Å². The molecule has 1 atom stereocenters. The fourth-order valence-corrected chi connectivity index (χ4v) is 1.77. The van der Waals surface area contributed by atoms with Gasteiger partial charge in [-0.25, -0.2) is 0 Å². The summed E-state index contributed by atoms with van der Waals surface area (Å²) >= 11 is 0. The summed E-state index contributed by atoms with van der Waals surface area (Å²) in [7, 11) is 1.60. The first kappa shape index (κ1) is 11.7. The lowest BCUT2D eigenvalue weighted by Crippen LogP contribution is -2.23. The number of Topliss-reactive ketones (excluding diaryl/α,β-unsaturated/α-hetero) is 1. The van der Waals surface area contributed by atoms with Gasteiger partial charge >= 0.3 is 0 Å². The summed E-state index contributed by atoms with van der Waals surface area (Å²) in [6.07, 6.45) is 0.388. The summed E-state index contributed by atoms with van der Waals surface area (Å²) in [6.45, 7) is 2.29. The predicted octanol–water partition coefficient (Wildman–Crippen LogP) is 2.04. The molecule has 3 heteroatoms. The van der Waals surface area contributed by atoms with Gasteiger partial charge in [0.25, 0.3) is 0 Å². The van der Waals surface area contributed by atoms with Gasteiger partial charge in [0.05, 0.1) is 5.56 Å². The molecule has 1 aliphatic heterocycles. The van der Waals surface area contributed by atoms with E-state index in [1.54, 1.807) is 13.2 Å². The first-order valence-electron chi connectivity index (χ1n) is 5.52. The minimum atomic E-state index is -0.0582. The van der Waals surface area contributed by atoms with Gasteiger partial charge in [-0.2, -0.15) is 0 Å². The van der Waals surface area contributed by atoms with Gasteiger partial charge in [-0.05, 0) is 25.1 Å². The molecule has 17 heavy (non-hydrogen) atoms. The minimum Gasteiger partial charge on any atom is -0.489 e. The van der Waals surface area contributed by atoms with Crippen molar-refractivity contribution in [1.29, 1.82) is 0 Å². The maximum atomic E-state index is 11.7. The molecule has 0 spiro atoms. The standard InChI is InChI=1S/C14H14O3/c1-10-8-13(15)12-6-5-11(4-3-7-16-2)9-14(12)17-10/h5-6,9-10H,7-8H2,1-2H3. The average Bonchev–Trinajstić information content (AvgIpc) is 2.28. The molecule has 0 amide bonds. The van der Waals surface area contributed by atoms with Crippen LogP contribution in [0.1, 0.15) is 29.3 Å². The van der Waals surface area contributed by atoms with Crippen molar-refractivity contribution in [2.45, 2.75) is 19.4 Å². The Morgan fingerprint density at radius 1 is 1.53 bits per heavy atom. The Hall–Kier alpha value is -1.79. The molecule has 0 bridgehead atoms. The number of benzene rings is 1. The zero-order valence-corrected chi connectivity index (χ0v) is 9.95. The molecular weight excluding hydrogens is 216 g/mol. The average molecular weight is 230 g/mol.